The highest BCUT2D eigenvalue weighted by molar-refractivity contribution is 5.83. The zero-order chi connectivity index (χ0) is 16.2. The molecule has 1 heterocycles. The first-order valence-corrected chi connectivity index (χ1v) is 6.73. The fraction of sp³-hybridized carbons (Fsp3) is 0.769. The summed E-state index contributed by atoms with van der Waals surface area (Å²) in [6.45, 7) is 5.01. The lowest BCUT2D eigenvalue weighted by molar-refractivity contribution is -0.140. The molecule has 1 aliphatic rings. The minimum absolute atomic E-state index is 0.126. The molecule has 1 aliphatic heterocycles. The Morgan fingerprint density at radius 1 is 1.48 bits per heavy atom. The molecule has 21 heavy (non-hydrogen) atoms. The summed E-state index contributed by atoms with van der Waals surface area (Å²) >= 11 is 0. The Morgan fingerprint density at radius 3 is 2.52 bits per heavy atom. The number of carboxylic acid groups (broad SMARTS) is 1. The van der Waals surface area contributed by atoms with E-state index in [1.54, 1.807) is 20.8 Å². The summed E-state index contributed by atoms with van der Waals surface area (Å²) in [5, 5.41) is 20.4. The molecule has 2 unspecified atom stereocenters. The summed E-state index contributed by atoms with van der Waals surface area (Å²) in [5.41, 5.74) is -0.738. The first-order chi connectivity index (χ1) is 9.62. The third kappa shape index (κ3) is 5.58. The van der Waals surface area contributed by atoms with Crippen LogP contribution >= 0.6 is 0 Å². The van der Waals surface area contributed by atoms with Crippen LogP contribution < -0.4 is 5.32 Å². The van der Waals surface area contributed by atoms with Crippen molar-refractivity contribution in [2.75, 3.05) is 19.7 Å². The van der Waals surface area contributed by atoms with E-state index in [0.29, 0.717) is 0 Å². The smallest absolute Gasteiger partial charge is 0.408 e. The Morgan fingerprint density at radius 2 is 2.10 bits per heavy atom. The topological polar surface area (TPSA) is 116 Å². The van der Waals surface area contributed by atoms with Crippen molar-refractivity contribution in [3.63, 3.8) is 0 Å². The largest absolute Gasteiger partial charge is 0.480 e. The van der Waals surface area contributed by atoms with E-state index < -0.39 is 23.7 Å². The summed E-state index contributed by atoms with van der Waals surface area (Å²) in [5.74, 6) is -1.67. The lowest BCUT2D eigenvalue weighted by Gasteiger charge is -2.24. The number of hydrogen-bond acceptors (Lipinski definition) is 5. The van der Waals surface area contributed by atoms with Crippen molar-refractivity contribution in [3.05, 3.63) is 0 Å². The first-order valence-electron chi connectivity index (χ1n) is 6.73. The van der Waals surface area contributed by atoms with Crippen LogP contribution in [0.15, 0.2) is 0 Å². The van der Waals surface area contributed by atoms with E-state index in [0.717, 1.165) is 0 Å². The molecule has 0 aromatic rings. The van der Waals surface area contributed by atoms with E-state index in [1.807, 2.05) is 0 Å². The third-order valence-corrected chi connectivity index (χ3v) is 2.94. The fourth-order valence-electron chi connectivity index (χ4n) is 2.01. The quantitative estimate of drug-likeness (QED) is 0.648. The number of carboxylic acids is 1. The molecule has 8 nitrogen and oxygen atoms in total. The number of carbonyl (C=O) groups excluding carboxylic acids is 2. The minimum Gasteiger partial charge on any atom is -0.480 e. The number of carbonyl (C=O) groups is 3. The molecule has 2 atom stereocenters. The van der Waals surface area contributed by atoms with Crippen molar-refractivity contribution in [1.29, 1.82) is 0 Å². The second kappa shape index (κ2) is 6.75. The highest BCUT2D eigenvalue weighted by Gasteiger charge is 2.33. The number of likely N-dealkylation sites (tertiary alicyclic amines) is 1. The second-order valence-corrected chi connectivity index (χ2v) is 6.09. The van der Waals surface area contributed by atoms with Gasteiger partial charge in [0.15, 0.2) is 0 Å². The number of ether oxygens (including phenoxy) is 1. The molecule has 1 fully saturated rings. The number of amides is 2. The van der Waals surface area contributed by atoms with E-state index >= 15 is 0 Å². The van der Waals surface area contributed by atoms with Gasteiger partial charge in [0.25, 0.3) is 0 Å². The van der Waals surface area contributed by atoms with E-state index in [9.17, 15) is 14.4 Å². The summed E-state index contributed by atoms with van der Waals surface area (Å²) in [4.78, 5) is 35.8. The SMILES string of the molecule is CC(C)(C)OC(=O)NC(CN1CC(CO)CC1=O)C(=O)O. The Hall–Kier alpha value is -1.83. The van der Waals surface area contributed by atoms with Gasteiger partial charge in [-0.25, -0.2) is 9.59 Å². The van der Waals surface area contributed by atoms with Crippen molar-refractivity contribution in [2.45, 2.75) is 38.8 Å². The van der Waals surface area contributed by atoms with Crippen LogP contribution in [0, 0.1) is 5.92 Å². The number of alkyl carbamates (subject to hydrolysis) is 1. The van der Waals surface area contributed by atoms with Gasteiger partial charge in [0.1, 0.15) is 11.6 Å². The van der Waals surface area contributed by atoms with Crippen molar-refractivity contribution >= 4 is 18.0 Å². The molecule has 0 spiro atoms. The molecule has 0 saturated carbocycles. The summed E-state index contributed by atoms with van der Waals surface area (Å²) < 4.78 is 5.00. The van der Waals surface area contributed by atoms with E-state index in [4.69, 9.17) is 14.9 Å². The van der Waals surface area contributed by atoms with Crippen LogP contribution in [0.5, 0.6) is 0 Å². The minimum atomic E-state index is -1.25. The number of aliphatic carboxylic acids is 1. The highest BCUT2D eigenvalue weighted by atomic mass is 16.6. The summed E-state index contributed by atoms with van der Waals surface area (Å²) in [6.07, 6.45) is -0.657. The van der Waals surface area contributed by atoms with Crippen LogP contribution in [-0.2, 0) is 14.3 Å². The van der Waals surface area contributed by atoms with Crippen LogP contribution in [0.4, 0.5) is 4.79 Å². The van der Waals surface area contributed by atoms with Crippen molar-refractivity contribution in [3.8, 4) is 0 Å². The van der Waals surface area contributed by atoms with E-state index in [-0.39, 0.29) is 37.9 Å². The summed E-state index contributed by atoms with van der Waals surface area (Å²) in [7, 11) is 0. The van der Waals surface area contributed by atoms with Gasteiger partial charge in [-0.15, -0.1) is 0 Å². The molecule has 0 aromatic heterocycles. The molecular weight excluding hydrogens is 280 g/mol. The lowest BCUT2D eigenvalue weighted by atomic mass is 10.1. The van der Waals surface area contributed by atoms with Crippen LogP contribution in [0.3, 0.4) is 0 Å². The molecule has 120 valence electrons. The maximum absolute atomic E-state index is 11.7. The van der Waals surface area contributed by atoms with Gasteiger partial charge in [-0.1, -0.05) is 0 Å². The van der Waals surface area contributed by atoms with Crippen LogP contribution in [0.25, 0.3) is 0 Å². The number of aliphatic hydroxyl groups is 1. The van der Waals surface area contributed by atoms with Crippen molar-refractivity contribution in [2.24, 2.45) is 5.92 Å². The molecule has 0 radical (unpaired) electrons. The number of hydrogen-bond donors (Lipinski definition) is 3. The van der Waals surface area contributed by atoms with Gasteiger partial charge in [0.05, 0.1) is 6.54 Å². The van der Waals surface area contributed by atoms with E-state index in [1.165, 1.54) is 4.90 Å². The summed E-state index contributed by atoms with van der Waals surface area (Å²) in [6, 6.07) is -1.25. The lowest BCUT2D eigenvalue weighted by Crippen LogP contribution is -2.50. The number of nitrogens with zero attached hydrogens (tertiary/aromatic N) is 1. The van der Waals surface area contributed by atoms with Gasteiger partial charge in [0.2, 0.25) is 5.91 Å². The molecule has 0 aliphatic carbocycles. The predicted molar refractivity (Wildman–Crippen MR) is 72.6 cm³/mol. The van der Waals surface area contributed by atoms with Gasteiger partial charge < -0.3 is 25.2 Å². The maximum Gasteiger partial charge on any atom is 0.408 e. The molecule has 1 rings (SSSR count). The monoisotopic (exact) mass is 302 g/mol. The second-order valence-electron chi connectivity index (χ2n) is 6.09. The fourth-order valence-corrected chi connectivity index (χ4v) is 2.01. The van der Waals surface area contributed by atoms with Gasteiger partial charge in [0, 0.05) is 25.5 Å². The van der Waals surface area contributed by atoms with Crippen LogP contribution in [0.1, 0.15) is 27.2 Å². The normalized spacial score (nSPS) is 20.3. The maximum atomic E-state index is 11.7. The van der Waals surface area contributed by atoms with Crippen molar-refractivity contribution in [1.82, 2.24) is 10.2 Å². The highest BCUT2D eigenvalue weighted by Crippen LogP contribution is 2.17. The zero-order valence-electron chi connectivity index (χ0n) is 12.5. The van der Waals surface area contributed by atoms with E-state index in [2.05, 4.69) is 5.32 Å². The Balaban J connectivity index is 2.60. The van der Waals surface area contributed by atoms with Gasteiger partial charge in [-0.3, -0.25) is 4.79 Å². The molecule has 3 N–H and O–H groups in total. The Bertz CT molecular complexity index is 417. The number of nitrogens with one attached hydrogen (secondary N) is 1. The van der Waals surface area contributed by atoms with Crippen molar-refractivity contribution < 1.29 is 29.3 Å². The molecular formula is C13H22N2O6. The average molecular weight is 302 g/mol. The Kier molecular flexibility index (Phi) is 5.54. The molecule has 0 bridgehead atoms. The zero-order valence-corrected chi connectivity index (χ0v) is 12.5. The third-order valence-electron chi connectivity index (χ3n) is 2.94. The van der Waals surface area contributed by atoms with Gasteiger partial charge in [-0.05, 0) is 20.8 Å². The number of rotatable bonds is 5. The molecule has 1 saturated heterocycles. The average Bonchev–Trinajstić information content (AvgIpc) is 2.66. The molecule has 8 heteroatoms. The van der Waals surface area contributed by atoms with Gasteiger partial charge in [-0.2, -0.15) is 0 Å². The van der Waals surface area contributed by atoms with Crippen LogP contribution in [-0.4, -0.2) is 64.4 Å². The standard InChI is InChI=1S/C13H22N2O6/c1-13(2,3)21-12(20)14-9(11(18)19)6-15-5-8(7-16)4-10(15)17/h8-9,16H,4-7H2,1-3H3,(H,14,20)(H,18,19). The predicted octanol–water partition coefficient (Wildman–Crippen LogP) is -0.195. The first kappa shape index (κ1) is 17.2. The Labute approximate surface area is 123 Å². The molecule has 0 aromatic carbocycles. The number of aliphatic hydroxyl groups excluding tert-OH is 1. The molecule has 2 amide bonds. The van der Waals surface area contributed by atoms with Gasteiger partial charge >= 0.3 is 12.1 Å². The van der Waals surface area contributed by atoms with Crippen LogP contribution in [0.2, 0.25) is 0 Å².